The molecule has 16 heavy (non-hydrogen) atoms. The zero-order chi connectivity index (χ0) is 12.0. The predicted molar refractivity (Wildman–Crippen MR) is 64.2 cm³/mol. The van der Waals surface area contributed by atoms with Gasteiger partial charge in [-0.1, -0.05) is 22.0 Å². The SMILES string of the molecule is COC(=O)C(N)CCOc1cccc(Br)c1. The van der Waals surface area contributed by atoms with Crippen LogP contribution in [0.4, 0.5) is 0 Å². The van der Waals surface area contributed by atoms with Crippen molar-refractivity contribution in [2.75, 3.05) is 13.7 Å². The molecule has 5 heteroatoms. The Bertz CT molecular complexity index is 357. The average molecular weight is 288 g/mol. The molecule has 0 aromatic heterocycles. The van der Waals surface area contributed by atoms with Gasteiger partial charge in [0, 0.05) is 10.9 Å². The predicted octanol–water partition coefficient (Wildman–Crippen LogP) is 1.72. The summed E-state index contributed by atoms with van der Waals surface area (Å²) in [6.07, 6.45) is 0.430. The van der Waals surface area contributed by atoms with Crippen LogP contribution < -0.4 is 10.5 Å². The number of halogens is 1. The molecule has 0 spiro atoms. The highest BCUT2D eigenvalue weighted by molar-refractivity contribution is 9.10. The van der Waals surface area contributed by atoms with E-state index in [1.165, 1.54) is 7.11 Å². The van der Waals surface area contributed by atoms with Crippen molar-refractivity contribution in [3.05, 3.63) is 28.7 Å². The van der Waals surface area contributed by atoms with Crippen molar-refractivity contribution >= 4 is 21.9 Å². The van der Waals surface area contributed by atoms with Crippen molar-refractivity contribution in [3.63, 3.8) is 0 Å². The van der Waals surface area contributed by atoms with E-state index in [1.54, 1.807) is 0 Å². The van der Waals surface area contributed by atoms with E-state index in [9.17, 15) is 4.79 Å². The van der Waals surface area contributed by atoms with Crippen LogP contribution in [0.1, 0.15) is 6.42 Å². The van der Waals surface area contributed by atoms with Gasteiger partial charge in [-0.15, -0.1) is 0 Å². The van der Waals surface area contributed by atoms with E-state index in [4.69, 9.17) is 10.5 Å². The summed E-state index contributed by atoms with van der Waals surface area (Å²) in [7, 11) is 1.32. The normalized spacial score (nSPS) is 11.9. The smallest absolute Gasteiger partial charge is 0.322 e. The molecule has 1 aromatic carbocycles. The number of benzene rings is 1. The van der Waals surface area contributed by atoms with Gasteiger partial charge in [0.25, 0.3) is 0 Å². The molecular formula is C11H14BrNO3. The molecule has 1 atom stereocenters. The van der Waals surface area contributed by atoms with Gasteiger partial charge in [-0.05, 0) is 18.2 Å². The minimum absolute atomic E-state index is 0.382. The number of methoxy groups -OCH3 is 1. The van der Waals surface area contributed by atoms with Crippen LogP contribution in [-0.2, 0) is 9.53 Å². The Morgan fingerprint density at radius 3 is 2.94 bits per heavy atom. The van der Waals surface area contributed by atoms with Gasteiger partial charge in [0.2, 0.25) is 0 Å². The van der Waals surface area contributed by atoms with Crippen LogP contribution in [-0.4, -0.2) is 25.7 Å². The molecule has 0 aliphatic rings. The van der Waals surface area contributed by atoms with Crippen LogP contribution in [0.3, 0.4) is 0 Å². The number of esters is 1. The monoisotopic (exact) mass is 287 g/mol. The van der Waals surface area contributed by atoms with Crippen molar-refractivity contribution in [2.45, 2.75) is 12.5 Å². The summed E-state index contributed by atoms with van der Waals surface area (Å²) in [6, 6.07) is 6.85. The second-order valence-electron chi connectivity index (χ2n) is 3.22. The second kappa shape index (κ2) is 6.50. The number of hydrogen-bond donors (Lipinski definition) is 1. The Morgan fingerprint density at radius 1 is 1.56 bits per heavy atom. The fraction of sp³-hybridized carbons (Fsp3) is 0.364. The van der Waals surface area contributed by atoms with Gasteiger partial charge in [0.15, 0.2) is 0 Å². The van der Waals surface area contributed by atoms with Crippen molar-refractivity contribution in [2.24, 2.45) is 5.73 Å². The van der Waals surface area contributed by atoms with Gasteiger partial charge in [0.1, 0.15) is 11.8 Å². The molecule has 1 rings (SSSR count). The van der Waals surface area contributed by atoms with Gasteiger partial charge in [-0.25, -0.2) is 0 Å². The lowest BCUT2D eigenvalue weighted by molar-refractivity contribution is -0.142. The van der Waals surface area contributed by atoms with Crippen molar-refractivity contribution in [3.8, 4) is 5.75 Å². The standard InChI is InChI=1S/C11H14BrNO3/c1-15-11(14)10(13)5-6-16-9-4-2-3-8(12)7-9/h2-4,7,10H,5-6,13H2,1H3. The lowest BCUT2D eigenvalue weighted by Crippen LogP contribution is -2.33. The Morgan fingerprint density at radius 2 is 2.31 bits per heavy atom. The third-order valence-electron chi connectivity index (χ3n) is 2.00. The third kappa shape index (κ3) is 4.20. The largest absolute Gasteiger partial charge is 0.493 e. The van der Waals surface area contributed by atoms with E-state index in [0.717, 1.165) is 10.2 Å². The summed E-state index contributed by atoms with van der Waals surface area (Å²) in [5, 5.41) is 0. The summed E-state index contributed by atoms with van der Waals surface area (Å²) < 4.78 is 10.9. The molecule has 4 nitrogen and oxygen atoms in total. The summed E-state index contributed by atoms with van der Waals surface area (Å²) in [4.78, 5) is 11.0. The lowest BCUT2D eigenvalue weighted by atomic mass is 10.2. The molecule has 0 saturated carbocycles. The first-order valence-electron chi connectivity index (χ1n) is 4.85. The van der Waals surface area contributed by atoms with Gasteiger partial charge in [-0.2, -0.15) is 0 Å². The first kappa shape index (κ1) is 13.0. The minimum atomic E-state index is -0.628. The highest BCUT2D eigenvalue weighted by Gasteiger charge is 2.13. The van der Waals surface area contributed by atoms with Gasteiger partial charge >= 0.3 is 5.97 Å². The molecule has 0 amide bonds. The highest BCUT2D eigenvalue weighted by Crippen LogP contribution is 2.17. The van der Waals surface area contributed by atoms with E-state index in [-0.39, 0.29) is 0 Å². The van der Waals surface area contributed by atoms with E-state index in [2.05, 4.69) is 20.7 Å². The summed E-state index contributed by atoms with van der Waals surface area (Å²) in [5.41, 5.74) is 5.56. The maximum Gasteiger partial charge on any atom is 0.322 e. The molecule has 2 N–H and O–H groups in total. The molecular weight excluding hydrogens is 274 g/mol. The number of carbonyl (C=O) groups is 1. The summed E-state index contributed by atoms with van der Waals surface area (Å²) in [6.45, 7) is 0.382. The van der Waals surface area contributed by atoms with E-state index in [1.807, 2.05) is 24.3 Å². The Kier molecular flexibility index (Phi) is 5.28. The van der Waals surface area contributed by atoms with Gasteiger partial charge in [0.05, 0.1) is 13.7 Å². The molecule has 1 aromatic rings. The fourth-order valence-electron chi connectivity index (χ4n) is 1.13. The minimum Gasteiger partial charge on any atom is -0.493 e. The van der Waals surface area contributed by atoms with Crippen LogP contribution >= 0.6 is 15.9 Å². The van der Waals surface area contributed by atoms with Crippen molar-refractivity contribution < 1.29 is 14.3 Å². The van der Waals surface area contributed by atoms with E-state index >= 15 is 0 Å². The molecule has 0 aliphatic carbocycles. The van der Waals surface area contributed by atoms with Crippen LogP contribution in [0.5, 0.6) is 5.75 Å². The molecule has 0 radical (unpaired) electrons. The zero-order valence-corrected chi connectivity index (χ0v) is 10.6. The van der Waals surface area contributed by atoms with Gasteiger partial charge in [-0.3, -0.25) is 4.79 Å². The molecule has 0 fully saturated rings. The number of ether oxygens (including phenoxy) is 2. The Balaban J connectivity index is 2.33. The number of rotatable bonds is 5. The van der Waals surface area contributed by atoms with Crippen LogP contribution in [0, 0.1) is 0 Å². The molecule has 0 saturated heterocycles. The van der Waals surface area contributed by atoms with E-state index < -0.39 is 12.0 Å². The van der Waals surface area contributed by atoms with Crippen LogP contribution in [0.15, 0.2) is 28.7 Å². The number of carbonyl (C=O) groups excluding carboxylic acids is 1. The van der Waals surface area contributed by atoms with Gasteiger partial charge < -0.3 is 15.2 Å². The fourth-order valence-corrected chi connectivity index (χ4v) is 1.51. The first-order chi connectivity index (χ1) is 7.63. The topological polar surface area (TPSA) is 61.5 Å². The lowest BCUT2D eigenvalue weighted by Gasteiger charge is -2.10. The molecule has 0 aliphatic heterocycles. The Labute approximate surface area is 103 Å². The van der Waals surface area contributed by atoms with Crippen molar-refractivity contribution in [1.29, 1.82) is 0 Å². The second-order valence-corrected chi connectivity index (χ2v) is 4.14. The van der Waals surface area contributed by atoms with Crippen LogP contribution in [0.25, 0.3) is 0 Å². The maximum absolute atomic E-state index is 11.0. The Hall–Kier alpha value is -1.07. The molecule has 88 valence electrons. The number of nitrogens with two attached hydrogens (primary N) is 1. The zero-order valence-electron chi connectivity index (χ0n) is 8.98. The summed E-state index contributed by atoms with van der Waals surface area (Å²) in [5.74, 6) is 0.323. The first-order valence-corrected chi connectivity index (χ1v) is 5.64. The number of hydrogen-bond acceptors (Lipinski definition) is 4. The molecule has 0 heterocycles. The molecule has 1 unspecified atom stereocenters. The molecule has 0 bridgehead atoms. The third-order valence-corrected chi connectivity index (χ3v) is 2.49. The van der Waals surface area contributed by atoms with E-state index in [0.29, 0.717) is 13.0 Å². The van der Waals surface area contributed by atoms with Crippen molar-refractivity contribution in [1.82, 2.24) is 0 Å². The maximum atomic E-state index is 11.0. The highest BCUT2D eigenvalue weighted by atomic mass is 79.9. The summed E-state index contributed by atoms with van der Waals surface area (Å²) >= 11 is 3.34. The average Bonchev–Trinajstić information content (AvgIpc) is 2.28. The van der Waals surface area contributed by atoms with Crippen LogP contribution in [0.2, 0.25) is 0 Å². The quantitative estimate of drug-likeness (QED) is 0.838.